The largest absolute Gasteiger partial charge is 0.391 e. The van der Waals surface area contributed by atoms with E-state index in [0.29, 0.717) is 6.54 Å². The first-order chi connectivity index (χ1) is 8.36. The van der Waals surface area contributed by atoms with Gasteiger partial charge >= 0.3 is 0 Å². The van der Waals surface area contributed by atoms with Crippen LogP contribution in [-0.2, 0) is 0 Å². The SMILES string of the molecule is OC1CNCCC1c1cccc2ccccc12. The van der Waals surface area contributed by atoms with Crippen molar-refractivity contribution < 1.29 is 5.11 Å². The second kappa shape index (κ2) is 4.47. The van der Waals surface area contributed by atoms with Gasteiger partial charge in [-0.2, -0.15) is 0 Å². The van der Waals surface area contributed by atoms with Gasteiger partial charge in [-0.15, -0.1) is 0 Å². The van der Waals surface area contributed by atoms with E-state index in [9.17, 15) is 5.11 Å². The quantitative estimate of drug-likeness (QED) is 0.783. The van der Waals surface area contributed by atoms with Crippen molar-refractivity contribution >= 4 is 10.8 Å². The van der Waals surface area contributed by atoms with Crippen molar-refractivity contribution in [1.82, 2.24) is 5.32 Å². The number of β-amino-alcohol motifs (C(OH)–C–C–N with tert-alkyl or cyclic N) is 1. The molecule has 1 fully saturated rings. The van der Waals surface area contributed by atoms with Crippen LogP contribution in [0.25, 0.3) is 10.8 Å². The molecule has 2 unspecified atom stereocenters. The summed E-state index contributed by atoms with van der Waals surface area (Å²) in [6, 6.07) is 14.8. The summed E-state index contributed by atoms with van der Waals surface area (Å²) in [5.41, 5.74) is 1.29. The molecule has 1 aliphatic heterocycles. The fourth-order valence-electron chi connectivity index (χ4n) is 2.78. The summed E-state index contributed by atoms with van der Waals surface area (Å²) in [5, 5.41) is 15.9. The van der Waals surface area contributed by atoms with Crippen LogP contribution < -0.4 is 5.32 Å². The van der Waals surface area contributed by atoms with Gasteiger partial charge in [0, 0.05) is 12.5 Å². The van der Waals surface area contributed by atoms with Crippen LogP contribution in [0.15, 0.2) is 42.5 Å². The molecule has 3 rings (SSSR count). The number of hydrogen-bond donors (Lipinski definition) is 2. The third-order valence-corrected chi connectivity index (χ3v) is 3.67. The Bertz CT molecular complexity index is 518. The summed E-state index contributed by atoms with van der Waals surface area (Å²) < 4.78 is 0. The van der Waals surface area contributed by atoms with Crippen LogP contribution >= 0.6 is 0 Å². The first kappa shape index (κ1) is 10.8. The van der Waals surface area contributed by atoms with Crippen molar-refractivity contribution in [3.63, 3.8) is 0 Å². The molecule has 0 bridgehead atoms. The van der Waals surface area contributed by atoms with Crippen LogP contribution in [0, 0.1) is 0 Å². The number of hydrogen-bond acceptors (Lipinski definition) is 2. The zero-order valence-electron chi connectivity index (χ0n) is 9.76. The van der Waals surface area contributed by atoms with Gasteiger partial charge in [0.1, 0.15) is 0 Å². The second-order valence-electron chi connectivity index (χ2n) is 4.74. The van der Waals surface area contributed by atoms with Gasteiger partial charge in [0.2, 0.25) is 0 Å². The summed E-state index contributed by atoms with van der Waals surface area (Å²) in [7, 11) is 0. The molecule has 2 nitrogen and oxygen atoms in total. The molecular weight excluding hydrogens is 210 g/mol. The van der Waals surface area contributed by atoms with Gasteiger partial charge in [0.25, 0.3) is 0 Å². The Morgan fingerprint density at radius 3 is 2.76 bits per heavy atom. The minimum atomic E-state index is -0.269. The van der Waals surface area contributed by atoms with Crippen LogP contribution in [0.2, 0.25) is 0 Å². The number of rotatable bonds is 1. The highest BCUT2D eigenvalue weighted by Gasteiger charge is 2.25. The van der Waals surface area contributed by atoms with E-state index in [-0.39, 0.29) is 12.0 Å². The number of aliphatic hydroxyl groups excluding tert-OH is 1. The number of nitrogens with one attached hydrogen (secondary N) is 1. The Morgan fingerprint density at radius 2 is 1.88 bits per heavy atom. The van der Waals surface area contributed by atoms with Crippen LogP contribution in [-0.4, -0.2) is 24.3 Å². The van der Waals surface area contributed by atoms with E-state index in [1.807, 2.05) is 0 Å². The molecule has 1 heterocycles. The first-order valence-corrected chi connectivity index (χ1v) is 6.23. The average molecular weight is 227 g/mol. The molecule has 2 heteroatoms. The normalized spacial score (nSPS) is 25.0. The molecule has 88 valence electrons. The van der Waals surface area contributed by atoms with Gasteiger partial charge in [-0.1, -0.05) is 42.5 Å². The van der Waals surface area contributed by atoms with E-state index in [1.165, 1.54) is 16.3 Å². The Labute approximate surface area is 101 Å². The van der Waals surface area contributed by atoms with Crippen LogP contribution in [0.5, 0.6) is 0 Å². The lowest BCUT2D eigenvalue weighted by Crippen LogP contribution is -2.39. The average Bonchev–Trinajstić information content (AvgIpc) is 2.39. The summed E-state index contributed by atoms with van der Waals surface area (Å²) in [5.74, 6) is 0.266. The van der Waals surface area contributed by atoms with Gasteiger partial charge in [-0.05, 0) is 29.3 Å². The molecule has 0 radical (unpaired) electrons. The Hall–Kier alpha value is -1.38. The molecular formula is C15H17NO. The van der Waals surface area contributed by atoms with Crippen molar-refractivity contribution in [3.05, 3.63) is 48.0 Å². The molecule has 0 aliphatic carbocycles. The maximum atomic E-state index is 10.1. The predicted molar refractivity (Wildman–Crippen MR) is 70.2 cm³/mol. The van der Waals surface area contributed by atoms with Crippen molar-refractivity contribution in [2.24, 2.45) is 0 Å². The maximum Gasteiger partial charge on any atom is 0.0733 e. The van der Waals surface area contributed by atoms with Crippen molar-refractivity contribution in [2.45, 2.75) is 18.4 Å². The number of benzene rings is 2. The maximum absolute atomic E-state index is 10.1. The summed E-state index contributed by atoms with van der Waals surface area (Å²) in [6.45, 7) is 1.69. The molecule has 2 N–H and O–H groups in total. The minimum absolute atomic E-state index is 0.266. The van der Waals surface area contributed by atoms with E-state index >= 15 is 0 Å². The highest BCUT2D eigenvalue weighted by Crippen LogP contribution is 2.31. The molecule has 2 aromatic rings. The van der Waals surface area contributed by atoms with Crippen molar-refractivity contribution in [2.75, 3.05) is 13.1 Å². The molecule has 0 aromatic heterocycles. The summed E-state index contributed by atoms with van der Waals surface area (Å²) in [4.78, 5) is 0. The van der Waals surface area contributed by atoms with Crippen LogP contribution in [0.4, 0.5) is 0 Å². The zero-order valence-corrected chi connectivity index (χ0v) is 9.76. The minimum Gasteiger partial charge on any atom is -0.391 e. The lowest BCUT2D eigenvalue weighted by atomic mass is 9.85. The molecule has 0 spiro atoms. The molecule has 17 heavy (non-hydrogen) atoms. The van der Waals surface area contributed by atoms with Crippen LogP contribution in [0.1, 0.15) is 17.9 Å². The molecule has 2 aromatic carbocycles. The predicted octanol–water partition coefficient (Wildman–Crippen LogP) is 2.28. The first-order valence-electron chi connectivity index (χ1n) is 6.23. The highest BCUT2D eigenvalue weighted by atomic mass is 16.3. The fraction of sp³-hybridized carbons (Fsp3) is 0.333. The summed E-state index contributed by atoms with van der Waals surface area (Å²) in [6.07, 6.45) is 0.740. The van der Waals surface area contributed by atoms with Crippen LogP contribution in [0.3, 0.4) is 0 Å². The Kier molecular flexibility index (Phi) is 2.83. The van der Waals surface area contributed by atoms with E-state index in [2.05, 4.69) is 47.8 Å². The van der Waals surface area contributed by atoms with Gasteiger partial charge in [0.15, 0.2) is 0 Å². The Balaban J connectivity index is 2.10. The molecule has 0 amide bonds. The second-order valence-corrected chi connectivity index (χ2v) is 4.74. The Morgan fingerprint density at radius 1 is 1.06 bits per heavy atom. The molecule has 2 atom stereocenters. The molecule has 0 saturated carbocycles. The fourth-order valence-corrected chi connectivity index (χ4v) is 2.78. The van der Waals surface area contributed by atoms with Crippen molar-refractivity contribution in [1.29, 1.82) is 0 Å². The standard InChI is InChI=1S/C15H17NO/c17-15-10-16-9-8-14(15)13-7-3-5-11-4-1-2-6-12(11)13/h1-7,14-17H,8-10H2. The highest BCUT2D eigenvalue weighted by molar-refractivity contribution is 5.86. The van der Waals surface area contributed by atoms with E-state index in [4.69, 9.17) is 0 Å². The smallest absolute Gasteiger partial charge is 0.0733 e. The third kappa shape index (κ3) is 1.94. The van der Waals surface area contributed by atoms with Gasteiger partial charge in [-0.3, -0.25) is 0 Å². The molecule has 1 saturated heterocycles. The van der Waals surface area contributed by atoms with Gasteiger partial charge < -0.3 is 10.4 Å². The summed E-state index contributed by atoms with van der Waals surface area (Å²) >= 11 is 0. The van der Waals surface area contributed by atoms with E-state index < -0.39 is 0 Å². The lowest BCUT2D eigenvalue weighted by molar-refractivity contribution is 0.119. The monoisotopic (exact) mass is 227 g/mol. The van der Waals surface area contributed by atoms with Crippen molar-refractivity contribution in [3.8, 4) is 0 Å². The van der Waals surface area contributed by atoms with E-state index in [1.54, 1.807) is 0 Å². The third-order valence-electron chi connectivity index (χ3n) is 3.67. The molecule has 1 aliphatic rings. The number of fused-ring (bicyclic) bond motifs is 1. The van der Waals surface area contributed by atoms with Gasteiger partial charge in [0.05, 0.1) is 6.10 Å². The topological polar surface area (TPSA) is 32.3 Å². The number of piperidine rings is 1. The van der Waals surface area contributed by atoms with E-state index in [0.717, 1.165) is 13.0 Å². The van der Waals surface area contributed by atoms with Gasteiger partial charge in [-0.25, -0.2) is 0 Å². The zero-order chi connectivity index (χ0) is 11.7. The lowest BCUT2D eigenvalue weighted by Gasteiger charge is -2.29. The number of aliphatic hydroxyl groups is 1.